The quantitative estimate of drug-likeness (QED) is 0.0887. The standard InChI is InChI=1S/C46H72O15/c1-13-54-24-35(49)58-30-21-29-28(42(7,8)40(30)60-37(51)26-56-15-3)17-18-32-43(9)22-31(59-36(50)25-55-14-2)39(44(43,10)23-34(48)45(29,32)11)46(12,53)33(47)19-20-41(5,6)61-38(52)27-57-16-4/h17,29-32,39-40,53H,13-16,18-27H2,1-12H3/t29-,30+,31-,32+,39+,40-,43+,44-,45+,46+/m1/s1. The molecule has 0 saturated heterocycles. The number of hydrogen-bond acceptors (Lipinski definition) is 15. The summed E-state index contributed by atoms with van der Waals surface area (Å²) in [5.41, 5.74) is -5.99. The number of allylic oxidation sites excluding steroid dienone is 1. The molecule has 15 nitrogen and oxygen atoms in total. The Bertz CT molecular complexity index is 1660. The zero-order chi connectivity index (χ0) is 45.8. The molecule has 10 atom stereocenters. The van der Waals surface area contributed by atoms with Gasteiger partial charge < -0.3 is 43.0 Å². The lowest BCUT2D eigenvalue weighted by Crippen LogP contribution is -2.66. The lowest BCUT2D eigenvalue weighted by Gasteiger charge is -2.65. The van der Waals surface area contributed by atoms with Gasteiger partial charge in [0, 0.05) is 56.0 Å². The molecule has 0 aromatic carbocycles. The molecule has 0 heterocycles. The minimum absolute atomic E-state index is 0.0452. The van der Waals surface area contributed by atoms with Crippen LogP contribution < -0.4 is 0 Å². The monoisotopic (exact) mass is 864 g/mol. The summed E-state index contributed by atoms with van der Waals surface area (Å²) in [7, 11) is 0. The van der Waals surface area contributed by atoms with E-state index in [1.54, 1.807) is 41.5 Å². The van der Waals surface area contributed by atoms with Crippen molar-refractivity contribution in [2.75, 3.05) is 52.9 Å². The number of esters is 4. The van der Waals surface area contributed by atoms with Crippen molar-refractivity contribution >= 4 is 35.4 Å². The van der Waals surface area contributed by atoms with E-state index in [1.165, 1.54) is 6.92 Å². The van der Waals surface area contributed by atoms with Crippen LogP contribution in [0.4, 0.5) is 0 Å². The zero-order valence-electron chi connectivity index (χ0n) is 38.6. The minimum Gasteiger partial charge on any atom is -0.460 e. The van der Waals surface area contributed by atoms with Crippen molar-refractivity contribution in [3.63, 3.8) is 0 Å². The highest BCUT2D eigenvalue weighted by Crippen LogP contribution is 2.74. The Kier molecular flexibility index (Phi) is 16.2. The molecule has 3 saturated carbocycles. The van der Waals surface area contributed by atoms with E-state index < -0.39 is 92.7 Å². The van der Waals surface area contributed by atoms with Crippen molar-refractivity contribution in [2.45, 2.75) is 151 Å². The van der Waals surface area contributed by atoms with Crippen LogP contribution in [-0.2, 0) is 66.7 Å². The van der Waals surface area contributed by atoms with Crippen LogP contribution in [0, 0.1) is 39.4 Å². The lowest BCUT2D eigenvalue weighted by molar-refractivity contribution is -0.201. The number of aliphatic hydroxyl groups is 1. The van der Waals surface area contributed by atoms with Gasteiger partial charge in [0.05, 0.1) is 0 Å². The fraction of sp³-hybridized carbons (Fsp3) is 0.826. The highest BCUT2D eigenvalue weighted by Gasteiger charge is 2.75. The van der Waals surface area contributed by atoms with Crippen molar-refractivity contribution < 1.29 is 71.8 Å². The average Bonchev–Trinajstić information content (AvgIpc) is 3.40. The van der Waals surface area contributed by atoms with Crippen molar-refractivity contribution in [3.05, 3.63) is 11.6 Å². The van der Waals surface area contributed by atoms with Gasteiger partial charge in [0.15, 0.2) is 5.78 Å². The van der Waals surface area contributed by atoms with Crippen LogP contribution in [0.5, 0.6) is 0 Å². The van der Waals surface area contributed by atoms with Gasteiger partial charge in [-0.05, 0) is 96.8 Å². The third-order valence-corrected chi connectivity index (χ3v) is 14.6. The van der Waals surface area contributed by atoms with Gasteiger partial charge in [0.1, 0.15) is 61.7 Å². The molecule has 61 heavy (non-hydrogen) atoms. The van der Waals surface area contributed by atoms with E-state index in [4.69, 9.17) is 37.9 Å². The van der Waals surface area contributed by atoms with Crippen LogP contribution in [0.1, 0.15) is 122 Å². The number of Topliss-reactive ketones (excluding diaryl/α,β-unsaturated/α-hetero) is 2. The molecule has 1 N–H and O–H groups in total. The summed E-state index contributed by atoms with van der Waals surface area (Å²) in [5.74, 6) is -4.90. The first-order valence-corrected chi connectivity index (χ1v) is 22.0. The Morgan fingerprint density at radius 2 is 1.21 bits per heavy atom. The first kappa shape index (κ1) is 50.4. The molecular weight excluding hydrogens is 792 g/mol. The Morgan fingerprint density at radius 3 is 1.74 bits per heavy atom. The summed E-state index contributed by atoms with van der Waals surface area (Å²) in [6, 6.07) is 0. The third kappa shape index (κ3) is 10.1. The number of fused-ring (bicyclic) bond motifs is 5. The summed E-state index contributed by atoms with van der Waals surface area (Å²) in [6.45, 7) is 21.7. The number of carbonyl (C=O) groups is 6. The minimum atomic E-state index is -2.08. The van der Waals surface area contributed by atoms with Gasteiger partial charge in [-0.25, -0.2) is 19.2 Å². The molecule has 0 unspecified atom stereocenters. The zero-order valence-corrected chi connectivity index (χ0v) is 38.6. The van der Waals surface area contributed by atoms with Gasteiger partial charge in [-0.15, -0.1) is 0 Å². The molecule has 0 aromatic heterocycles. The Morgan fingerprint density at radius 1 is 0.721 bits per heavy atom. The number of rotatable bonds is 21. The van der Waals surface area contributed by atoms with Crippen LogP contribution >= 0.6 is 0 Å². The second-order valence-corrected chi connectivity index (χ2v) is 19.2. The molecule has 4 aliphatic rings. The van der Waals surface area contributed by atoms with Gasteiger partial charge in [-0.1, -0.05) is 46.3 Å². The summed E-state index contributed by atoms with van der Waals surface area (Å²) in [4.78, 5) is 81.6. The van der Waals surface area contributed by atoms with Crippen LogP contribution in [0.2, 0.25) is 0 Å². The topological polar surface area (TPSA) is 196 Å². The third-order valence-electron chi connectivity index (χ3n) is 14.6. The first-order chi connectivity index (χ1) is 28.4. The molecule has 0 amide bonds. The van der Waals surface area contributed by atoms with E-state index in [1.807, 2.05) is 27.7 Å². The number of ketones is 2. The van der Waals surface area contributed by atoms with Crippen molar-refractivity contribution in [3.8, 4) is 0 Å². The Labute approximate surface area is 361 Å². The first-order valence-electron chi connectivity index (χ1n) is 22.0. The van der Waals surface area contributed by atoms with E-state index >= 15 is 4.79 Å². The van der Waals surface area contributed by atoms with Gasteiger partial charge >= 0.3 is 23.9 Å². The van der Waals surface area contributed by atoms with Crippen molar-refractivity contribution in [2.24, 2.45) is 39.4 Å². The number of ether oxygens (including phenoxy) is 8. The van der Waals surface area contributed by atoms with Gasteiger partial charge in [-0.2, -0.15) is 0 Å². The van der Waals surface area contributed by atoms with E-state index in [0.717, 1.165) is 5.57 Å². The lowest BCUT2D eigenvalue weighted by atomic mass is 9.38. The van der Waals surface area contributed by atoms with E-state index in [9.17, 15) is 29.1 Å². The average molecular weight is 865 g/mol. The summed E-state index contributed by atoms with van der Waals surface area (Å²) in [5, 5.41) is 12.6. The molecule has 346 valence electrons. The van der Waals surface area contributed by atoms with Gasteiger partial charge in [-0.3, -0.25) is 9.59 Å². The molecule has 15 heteroatoms. The summed E-state index contributed by atoms with van der Waals surface area (Å²) in [6.07, 6.45) is 0.0747. The molecule has 0 aromatic rings. The second kappa shape index (κ2) is 19.7. The molecule has 0 spiro atoms. The van der Waals surface area contributed by atoms with E-state index in [2.05, 4.69) is 13.0 Å². The highest BCUT2D eigenvalue weighted by atomic mass is 16.6. The Balaban J connectivity index is 1.77. The maximum Gasteiger partial charge on any atom is 0.332 e. The number of hydrogen-bond donors (Lipinski definition) is 1. The van der Waals surface area contributed by atoms with Crippen molar-refractivity contribution in [1.82, 2.24) is 0 Å². The fourth-order valence-corrected chi connectivity index (χ4v) is 11.5. The molecule has 0 aliphatic heterocycles. The predicted octanol–water partition coefficient (Wildman–Crippen LogP) is 5.29. The SMILES string of the molecule is CCOCC(=O)O[C@H]1C[C@@H]2C(=CC[C@@H]3[C@@]2(C)C(=O)C[C@]2(C)[C@@H]([C@@](C)(O)C(=O)CCC(C)(C)OC(=O)COCC)[C@H](OC(=O)COCC)C[C@@]32C)C(C)(C)[C@@H]1OC(=O)COCC. The normalized spacial score (nSPS) is 32.6. The van der Waals surface area contributed by atoms with Crippen LogP contribution in [-0.4, -0.2) is 123 Å². The molecular formula is C46H72O15. The fourth-order valence-electron chi connectivity index (χ4n) is 11.5. The smallest absolute Gasteiger partial charge is 0.332 e. The van der Waals surface area contributed by atoms with E-state index in [-0.39, 0.29) is 76.8 Å². The Hall–Kier alpha value is -3.24. The molecule has 0 radical (unpaired) electrons. The van der Waals surface area contributed by atoms with Gasteiger partial charge in [0.25, 0.3) is 0 Å². The van der Waals surface area contributed by atoms with E-state index in [0.29, 0.717) is 26.2 Å². The molecule has 4 aliphatic carbocycles. The van der Waals surface area contributed by atoms with Crippen LogP contribution in [0.25, 0.3) is 0 Å². The maximum atomic E-state index is 15.3. The second-order valence-electron chi connectivity index (χ2n) is 19.2. The summed E-state index contributed by atoms with van der Waals surface area (Å²) < 4.78 is 45.1. The number of carbonyl (C=O) groups excluding carboxylic acids is 6. The van der Waals surface area contributed by atoms with Crippen LogP contribution in [0.15, 0.2) is 11.6 Å². The van der Waals surface area contributed by atoms with Gasteiger partial charge in [0.2, 0.25) is 0 Å². The van der Waals surface area contributed by atoms with Crippen LogP contribution in [0.3, 0.4) is 0 Å². The summed E-state index contributed by atoms with van der Waals surface area (Å²) >= 11 is 0. The maximum absolute atomic E-state index is 15.3. The predicted molar refractivity (Wildman–Crippen MR) is 221 cm³/mol. The largest absolute Gasteiger partial charge is 0.460 e. The molecule has 0 bridgehead atoms. The molecule has 4 rings (SSSR count). The van der Waals surface area contributed by atoms with Crippen molar-refractivity contribution in [1.29, 1.82) is 0 Å². The highest BCUT2D eigenvalue weighted by molar-refractivity contribution is 5.90. The molecule has 3 fully saturated rings.